The van der Waals surface area contributed by atoms with Crippen LogP contribution in [0, 0.1) is 0 Å². The van der Waals surface area contributed by atoms with E-state index in [1.165, 1.54) is 56.2 Å². The number of rotatable bonds is 16. The summed E-state index contributed by atoms with van der Waals surface area (Å²) in [5.41, 5.74) is 14.4. The first-order chi connectivity index (χ1) is 57.0. The second kappa shape index (κ2) is 111. The van der Waals surface area contributed by atoms with Crippen LogP contribution in [-0.4, -0.2) is 19.9 Å². The van der Waals surface area contributed by atoms with E-state index in [4.69, 9.17) is 17.7 Å². The summed E-state index contributed by atoms with van der Waals surface area (Å²) in [5.74, 6) is 13.4. The first-order valence-electron chi connectivity index (χ1n) is 49.0. The number of hydrogen-bond acceptors (Lipinski definition) is 12. The van der Waals surface area contributed by atoms with Crippen LogP contribution >= 0.6 is 45.3 Å². The molecule has 0 aliphatic rings. The fraction of sp³-hybridized carbons (Fsp3) is 0.741. The van der Waals surface area contributed by atoms with E-state index in [0.717, 1.165) is 34.4 Å². The molecule has 0 atom stereocenters. The van der Waals surface area contributed by atoms with E-state index in [2.05, 4.69) is 277 Å². The van der Waals surface area contributed by atoms with Crippen LogP contribution in [-0.2, 0) is 0 Å². The molecule has 720 valence electrons. The van der Waals surface area contributed by atoms with E-state index in [1.54, 1.807) is 45.0 Å². The predicted molar refractivity (Wildman–Crippen MR) is 570 cm³/mol. The molecule has 0 saturated heterocycles. The molecule has 0 spiro atoms. The van der Waals surface area contributed by atoms with Crippen LogP contribution < -0.4 is 0 Å². The molecule has 8 heterocycles. The van der Waals surface area contributed by atoms with Crippen molar-refractivity contribution < 1.29 is 17.7 Å². The van der Waals surface area contributed by atoms with E-state index in [0.29, 0.717) is 94.7 Å². The molecule has 8 nitrogen and oxygen atoms in total. The standard InChI is InChI=1S/2C10H16O.2C10H16S.2C9H15NO.2C9H15NS.16C2H6/c4*1-7(2)9-5-6-11-10(9)8(3)4;4*1-6(2)8-9(7(3)4)11-5-10-8;16*1-2/h4*5-8H,1-4H3;4*5-7H,1-4H3;16*1-2H3. The van der Waals surface area contributed by atoms with Crippen LogP contribution in [0.25, 0.3) is 0 Å². The van der Waals surface area contributed by atoms with Crippen molar-refractivity contribution in [3.05, 3.63) is 159 Å². The lowest BCUT2D eigenvalue weighted by atomic mass is 9.99. The van der Waals surface area contributed by atoms with Crippen LogP contribution in [0.5, 0.6) is 0 Å². The van der Waals surface area contributed by atoms with Crippen molar-refractivity contribution in [3.8, 4) is 0 Å². The first-order valence-corrected chi connectivity index (χ1v) is 52.5. The lowest BCUT2D eigenvalue weighted by molar-refractivity contribution is 0.476. The van der Waals surface area contributed by atoms with Crippen LogP contribution in [0.15, 0.2) is 89.0 Å². The Morgan fingerprint density at radius 3 is 0.517 bits per heavy atom. The Bertz CT molecular complexity index is 2220. The maximum Gasteiger partial charge on any atom is 0.181 e. The van der Waals surface area contributed by atoms with Gasteiger partial charge in [-0.2, -0.15) is 0 Å². The zero-order valence-electron chi connectivity index (χ0n) is 93.2. The second-order valence-electron chi connectivity index (χ2n) is 27.8. The van der Waals surface area contributed by atoms with Crippen molar-refractivity contribution in [1.82, 2.24) is 19.9 Å². The van der Waals surface area contributed by atoms with Crippen molar-refractivity contribution in [2.24, 2.45) is 0 Å². The van der Waals surface area contributed by atoms with Crippen molar-refractivity contribution in [2.75, 3.05) is 0 Å². The summed E-state index contributed by atoms with van der Waals surface area (Å²) in [7, 11) is 0. The molecule has 0 N–H and O–H groups in total. The van der Waals surface area contributed by atoms with Gasteiger partial charge in [0.1, 0.15) is 23.0 Å². The van der Waals surface area contributed by atoms with Crippen molar-refractivity contribution in [1.29, 1.82) is 0 Å². The number of aromatic nitrogens is 4. The van der Waals surface area contributed by atoms with Gasteiger partial charge in [-0.3, -0.25) is 0 Å². The van der Waals surface area contributed by atoms with Gasteiger partial charge in [-0.15, -0.1) is 45.3 Å². The van der Waals surface area contributed by atoms with Gasteiger partial charge in [0.25, 0.3) is 0 Å². The highest BCUT2D eigenvalue weighted by molar-refractivity contribution is 7.10. The molecule has 8 rings (SSSR count). The fourth-order valence-corrected chi connectivity index (χ4v) is 13.7. The molecule has 0 aliphatic carbocycles. The average molecular weight is 1770 g/mol. The van der Waals surface area contributed by atoms with Gasteiger partial charge in [0.15, 0.2) is 12.8 Å². The van der Waals surface area contributed by atoms with Crippen LogP contribution in [0.2, 0.25) is 0 Å². The summed E-state index contributed by atoms with van der Waals surface area (Å²) < 4.78 is 21.3. The van der Waals surface area contributed by atoms with E-state index in [9.17, 15) is 0 Å². The summed E-state index contributed by atoms with van der Waals surface area (Å²) in [5, 5.41) is 4.40. The Labute approximate surface area is 774 Å². The van der Waals surface area contributed by atoms with Gasteiger partial charge in [0, 0.05) is 43.2 Å². The van der Waals surface area contributed by atoms with Crippen molar-refractivity contribution in [2.45, 2.75) is 538 Å². The smallest absolute Gasteiger partial charge is 0.181 e. The Hall–Kier alpha value is -4.36. The quantitative estimate of drug-likeness (QED) is 0.0942. The van der Waals surface area contributed by atoms with Crippen LogP contribution in [0.1, 0.15) is 625 Å². The largest absolute Gasteiger partial charge is 0.469 e. The van der Waals surface area contributed by atoms with Crippen molar-refractivity contribution >= 4 is 45.3 Å². The number of nitrogens with zero attached hydrogens (tertiary/aromatic N) is 4. The molecule has 0 radical (unpaired) electrons. The molecule has 120 heavy (non-hydrogen) atoms. The van der Waals surface area contributed by atoms with E-state index in [-0.39, 0.29) is 0 Å². The maximum absolute atomic E-state index is 5.39. The molecule has 0 saturated carbocycles. The number of furan rings is 2. The normalized spacial score (nSPS) is 9.20. The second-order valence-corrected chi connectivity index (χ2v) is 31.5. The Morgan fingerprint density at radius 2 is 0.383 bits per heavy atom. The molecule has 12 heteroatoms. The van der Waals surface area contributed by atoms with Gasteiger partial charge in [-0.1, -0.05) is 443 Å². The first kappa shape index (κ1) is 153. The molecule has 0 aliphatic heterocycles. The average Bonchev–Trinajstić information content (AvgIpc) is 1.83. The molecule has 8 aromatic rings. The minimum Gasteiger partial charge on any atom is -0.469 e. The molecule has 0 amide bonds. The highest BCUT2D eigenvalue weighted by atomic mass is 32.1. The minimum atomic E-state index is 0.440. The number of oxazole rings is 2. The highest BCUT2D eigenvalue weighted by Crippen LogP contribution is 2.34. The van der Waals surface area contributed by atoms with E-state index in [1.807, 2.05) is 255 Å². The molecule has 0 fully saturated rings. The lowest BCUT2D eigenvalue weighted by Gasteiger charge is -2.08. The molecule has 0 unspecified atom stereocenters. The summed E-state index contributed by atoms with van der Waals surface area (Å²) in [4.78, 5) is 23.1. The van der Waals surface area contributed by atoms with E-state index < -0.39 is 0 Å². The number of thiophene rings is 2. The third-order valence-corrected chi connectivity index (χ3v) is 19.0. The lowest BCUT2D eigenvalue weighted by Crippen LogP contribution is -1.95. The topological polar surface area (TPSA) is 104 Å². The van der Waals surface area contributed by atoms with Gasteiger partial charge in [-0.05, 0) is 128 Å². The molecule has 0 aromatic carbocycles. The molecular formula is C108H220N4O4S4. The Kier molecular flexibility index (Phi) is 141. The van der Waals surface area contributed by atoms with Crippen LogP contribution in [0.3, 0.4) is 0 Å². The summed E-state index contributed by atoms with van der Waals surface area (Å²) >= 11 is 7.32. The summed E-state index contributed by atoms with van der Waals surface area (Å²) in [6.45, 7) is 134. The third kappa shape index (κ3) is 73.9. The third-order valence-electron chi connectivity index (χ3n) is 14.3. The predicted octanol–water partition coefficient (Wildman–Crippen LogP) is 44.1. The molecule has 8 aromatic heterocycles. The van der Waals surface area contributed by atoms with Crippen molar-refractivity contribution in [3.63, 3.8) is 0 Å². The molecule has 0 bridgehead atoms. The van der Waals surface area contributed by atoms with Crippen LogP contribution in [0.4, 0.5) is 0 Å². The maximum atomic E-state index is 5.39. The van der Waals surface area contributed by atoms with Gasteiger partial charge in [0.2, 0.25) is 0 Å². The number of hydrogen-bond donors (Lipinski definition) is 0. The zero-order chi connectivity index (χ0) is 99.4. The van der Waals surface area contributed by atoms with Gasteiger partial charge < -0.3 is 17.7 Å². The SMILES string of the molecule is CC.CC.CC.CC.CC.CC.CC.CC.CC.CC.CC.CC.CC.CC.CC.CC.CC(C)c1ccoc1C(C)C.CC(C)c1ccoc1C(C)C.CC(C)c1ccsc1C(C)C.CC(C)c1ccsc1C(C)C.CC(C)c1ncoc1C(C)C.CC(C)c1ncoc1C(C)C.CC(C)c1ncsc1C(C)C.CC(C)c1ncsc1C(C)C. The Balaban J connectivity index is -0.0000000700. The van der Waals surface area contributed by atoms with Gasteiger partial charge >= 0.3 is 0 Å². The molecular weight excluding hydrogens is 1550 g/mol. The fourth-order valence-electron chi connectivity index (χ4n) is 9.63. The number of thiazole rings is 2. The van der Waals surface area contributed by atoms with Gasteiger partial charge in [-0.25, -0.2) is 19.9 Å². The summed E-state index contributed by atoms with van der Waals surface area (Å²) in [6, 6.07) is 8.65. The monoisotopic (exact) mass is 1770 g/mol. The Morgan fingerprint density at radius 1 is 0.183 bits per heavy atom. The highest BCUT2D eigenvalue weighted by Gasteiger charge is 2.19. The van der Waals surface area contributed by atoms with Gasteiger partial charge in [0.05, 0.1) is 46.3 Å². The summed E-state index contributed by atoms with van der Waals surface area (Å²) in [6.07, 6.45) is 6.63. The van der Waals surface area contributed by atoms with E-state index >= 15 is 0 Å². The zero-order valence-corrected chi connectivity index (χ0v) is 96.5. The minimum absolute atomic E-state index is 0.440.